The van der Waals surface area contributed by atoms with E-state index in [1.807, 2.05) is 12.4 Å². The van der Waals surface area contributed by atoms with Crippen molar-refractivity contribution in [1.29, 1.82) is 0 Å². The third-order valence-electron chi connectivity index (χ3n) is 7.96. The highest BCUT2D eigenvalue weighted by molar-refractivity contribution is 6.58. The smallest absolute Gasteiger partial charge is 0.282 e. The van der Waals surface area contributed by atoms with Gasteiger partial charge in [0.15, 0.2) is 15.7 Å². The number of aromatic nitrogens is 2. The molecule has 5 rings (SSSR count). The van der Waals surface area contributed by atoms with E-state index in [0.29, 0.717) is 11.9 Å². The zero-order valence-corrected chi connectivity index (χ0v) is 20.7. The van der Waals surface area contributed by atoms with E-state index >= 15 is 0 Å². The summed E-state index contributed by atoms with van der Waals surface area (Å²) in [5.74, 6) is 0.416. The topological polar surface area (TPSA) is 82.6 Å². The third kappa shape index (κ3) is 3.46. The first-order valence-electron chi connectivity index (χ1n) is 12.1. The maximum Gasteiger partial charge on any atom is 0.282 e. The second-order valence-electron chi connectivity index (χ2n) is 11.7. The molecular formula is C22H31B5N4O2. The lowest BCUT2D eigenvalue weighted by Gasteiger charge is -2.53. The van der Waals surface area contributed by atoms with Gasteiger partial charge in [0.1, 0.15) is 35.4 Å². The molecule has 2 aliphatic carbocycles. The highest BCUT2D eigenvalue weighted by Crippen LogP contribution is 2.65. The highest BCUT2D eigenvalue weighted by Gasteiger charge is 2.69. The Kier molecular flexibility index (Phi) is 5.09. The van der Waals surface area contributed by atoms with Gasteiger partial charge in [0.05, 0.1) is 11.5 Å². The van der Waals surface area contributed by atoms with Crippen LogP contribution in [0.5, 0.6) is 0 Å². The Labute approximate surface area is 201 Å². The molecule has 11 heteroatoms. The van der Waals surface area contributed by atoms with E-state index in [1.165, 1.54) is 11.1 Å². The molecule has 2 heterocycles. The second kappa shape index (κ2) is 7.43. The van der Waals surface area contributed by atoms with Gasteiger partial charge in [-0.05, 0) is 59.7 Å². The van der Waals surface area contributed by atoms with E-state index in [4.69, 9.17) is 20.2 Å². The number of hydrogen-bond donors (Lipinski definition) is 1. The standard InChI is InChI=1S/C22H31B5N4O2/c1-12-7-19(5-4-17(12)32-22(25,26)27)8-14-3-2-13(15-9-29-11-30-10-15)6-16(14)20(19)21(23,24)33-18(28)31-20/h2-3,6,9-12,17H,4-5,7-8,23-27H2,1H3,(H2,28,31)/t12-,17-,19-,20+/m1/s1. The van der Waals surface area contributed by atoms with Crippen molar-refractivity contribution in [2.75, 3.05) is 0 Å². The lowest BCUT2D eigenvalue weighted by atomic mass is 9.44. The van der Waals surface area contributed by atoms with Crippen molar-refractivity contribution >= 4 is 45.3 Å². The summed E-state index contributed by atoms with van der Waals surface area (Å²) in [5.41, 5.74) is 10.4. The van der Waals surface area contributed by atoms with Gasteiger partial charge in [0.25, 0.3) is 6.02 Å². The quantitative estimate of drug-likeness (QED) is 0.555. The van der Waals surface area contributed by atoms with Crippen LogP contribution in [0.25, 0.3) is 11.1 Å². The summed E-state index contributed by atoms with van der Waals surface area (Å²) >= 11 is 0. The van der Waals surface area contributed by atoms with Gasteiger partial charge >= 0.3 is 0 Å². The highest BCUT2D eigenvalue weighted by atomic mass is 16.5. The second-order valence-corrected chi connectivity index (χ2v) is 11.7. The van der Waals surface area contributed by atoms with Gasteiger partial charge < -0.3 is 15.2 Å². The van der Waals surface area contributed by atoms with Crippen molar-refractivity contribution in [3.8, 4) is 11.1 Å². The van der Waals surface area contributed by atoms with Crippen molar-refractivity contribution in [1.82, 2.24) is 9.97 Å². The minimum atomic E-state index is -0.550. The maximum atomic E-state index is 6.47. The molecule has 1 aromatic carbocycles. The van der Waals surface area contributed by atoms with E-state index in [2.05, 4.69) is 74.3 Å². The van der Waals surface area contributed by atoms with Gasteiger partial charge in [0, 0.05) is 23.4 Å². The van der Waals surface area contributed by atoms with Crippen LogP contribution in [0.4, 0.5) is 0 Å². The molecule has 33 heavy (non-hydrogen) atoms. The Morgan fingerprint density at radius 2 is 1.88 bits per heavy atom. The van der Waals surface area contributed by atoms with Crippen LogP contribution < -0.4 is 5.73 Å². The predicted octanol–water partition coefficient (Wildman–Crippen LogP) is -2.14. The number of nitrogens with zero attached hydrogens (tertiary/aromatic N) is 3. The first kappa shape index (κ1) is 22.6. The Balaban J connectivity index is 1.62. The van der Waals surface area contributed by atoms with Crippen molar-refractivity contribution in [2.24, 2.45) is 22.1 Å². The number of amidine groups is 1. The van der Waals surface area contributed by atoms with Crippen LogP contribution >= 0.6 is 0 Å². The molecule has 166 valence electrons. The normalized spacial score (nSPS) is 32.5. The van der Waals surface area contributed by atoms with Crippen LogP contribution in [-0.2, 0) is 21.4 Å². The van der Waals surface area contributed by atoms with Crippen LogP contribution in [0.2, 0.25) is 0 Å². The summed E-state index contributed by atoms with van der Waals surface area (Å²) in [6.45, 7) is 2.33. The minimum Gasteiger partial charge on any atom is -0.475 e. The number of hydrogen-bond acceptors (Lipinski definition) is 6. The molecule has 0 radical (unpaired) electrons. The first-order valence-corrected chi connectivity index (χ1v) is 12.1. The van der Waals surface area contributed by atoms with Gasteiger partial charge in [-0.25, -0.2) is 15.0 Å². The molecule has 0 saturated heterocycles. The zero-order chi connectivity index (χ0) is 23.6. The lowest BCUT2D eigenvalue weighted by Crippen LogP contribution is -2.60. The third-order valence-corrected chi connectivity index (χ3v) is 7.96. The number of nitrogens with two attached hydrogens (primary N) is 1. The Bertz CT molecular complexity index is 1110. The summed E-state index contributed by atoms with van der Waals surface area (Å²) < 4.78 is 12.7. The summed E-state index contributed by atoms with van der Waals surface area (Å²) in [6.07, 6.45) is 9.57. The number of fused-ring (bicyclic) bond motifs is 3. The van der Waals surface area contributed by atoms with Crippen molar-refractivity contribution < 1.29 is 9.47 Å². The summed E-state index contributed by atoms with van der Waals surface area (Å²) in [6, 6.07) is 7.01. The summed E-state index contributed by atoms with van der Waals surface area (Å²) in [5, 5.41) is -0.698. The van der Waals surface area contributed by atoms with Crippen LogP contribution in [0.1, 0.15) is 37.3 Å². The number of aliphatic imine (C=N–C) groups is 1. The van der Waals surface area contributed by atoms with Gasteiger partial charge in [0.2, 0.25) is 0 Å². The van der Waals surface area contributed by atoms with Gasteiger partial charge in [-0.3, -0.25) is 0 Å². The molecule has 6 nitrogen and oxygen atoms in total. The molecule has 4 atom stereocenters. The molecule has 1 saturated carbocycles. The Morgan fingerprint density at radius 3 is 2.48 bits per heavy atom. The number of benzene rings is 1. The van der Waals surface area contributed by atoms with E-state index in [-0.39, 0.29) is 16.8 Å². The van der Waals surface area contributed by atoms with E-state index in [0.717, 1.165) is 36.8 Å². The van der Waals surface area contributed by atoms with E-state index < -0.39 is 10.9 Å². The van der Waals surface area contributed by atoms with Crippen molar-refractivity contribution in [3.63, 3.8) is 0 Å². The molecule has 1 aromatic heterocycles. The predicted molar refractivity (Wildman–Crippen MR) is 144 cm³/mol. The zero-order valence-electron chi connectivity index (χ0n) is 20.7. The molecule has 3 aliphatic rings. The molecule has 0 unspecified atom stereocenters. The van der Waals surface area contributed by atoms with Crippen LogP contribution in [0.3, 0.4) is 0 Å². The maximum absolute atomic E-state index is 6.47. The first-order chi connectivity index (χ1) is 15.5. The molecule has 2 N–H and O–H groups in total. The summed E-state index contributed by atoms with van der Waals surface area (Å²) in [4.78, 5) is 13.6. The lowest BCUT2D eigenvalue weighted by molar-refractivity contribution is -0.0743. The Morgan fingerprint density at radius 1 is 1.15 bits per heavy atom. The van der Waals surface area contributed by atoms with Crippen LogP contribution in [0.15, 0.2) is 41.9 Å². The molecule has 2 aromatic rings. The molecule has 0 bridgehead atoms. The molecule has 2 spiro atoms. The largest absolute Gasteiger partial charge is 0.475 e. The monoisotopic (exact) mass is 438 g/mol. The average Bonchev–Trinajstić information content (AvgIpc) is 3.14. The fourth-order valence-corrected chi connectivity index (χ4v) is 6.94. The molecule has 1 fully saturated rings. The summed E-state index contributed by atoms with van der Waals surface area (Å²) in [7, 11) is 10.7. The van der Waals surface area contributed by atoms with Crippen molar-refractivity contribution in [2.45, 2.75) is 54.9 Å². The number of ether oxygens (including phenoxy) is 2. The van der Waals surface area contributed by atoms with E-state index in [1.54, 1.807) is 6.33 Å². The average molecular weight is 438 g/mol. The van der Waals surface area contributed by atoms with E-state index in [9.17, 15) is 0 Å². The molecule has 0 amide bonds. The minimum absolute atomic E-state index is 0.0665. The van der Waals surface area contributed by atoms with Crippen LogP contribution in [-0.4, -0.2) is 72.0 Å². The number of rotatable bonds is 3. The van der Waals surface area contributed by atoms with Gasteiger partial charge in [-0.1, -0.05) is 19.1 Å². The molecule has 1 aliphatic heterocycles. The van der Waals surface area contributed by atoms with Crippen LogP contribution in [0, 0.1) is 11.3 Å². The van der Waals surface area contributed by atoms with Gasteiger partial charge in [-0.15, -0.1) is 0 Å². The fraction of sp³-hybridized carbons (Fsp3) is 0.500. The Hall–Kier alpha value is -2.15. The molecular weight excluding hydrogens is 406 g/mol. The van der Waals surface area contributed by atoms with Gasteiger partial charge in [-0.2, -0.15) is 0 Å². The fourth-order valence-electron chi connectivity index (χ4n) is 6.94. The van der Waals surface area contributed by atoms with Crippen molar-refractivity contribution in [3.05, 3.63) is 48.0 Å². The SMILES string of the molecule is BC(B)(B)O[C@@H]1CC[C@]2(Cc3ccc(-c4cncnc4)cc3[C@]23N=C(N)OC3(B)B)C[C@H]1C.